The van der Waals surface area contributed by atoms with Gasteiger partial charge in [0.05, 0.1) is 13.2 Å². The summed E-state index contributed by atoms with van der Waals surface area (Å²) in [5, 5.41) is 24.8. The molecule has 2 heterocycles. The molecule has 0 saturated carbocycles. The van der Waals surface area contributed by atoms with Crippen LogP contribution in [0.15, 0.2) is 30.3 Å². The number of benzene rings is 1. The van der Waals surface area contributed by atoms with Crippen LogP contribution in [0.1, 0.15) is 28.2 Å². The fourth-order valence-electron chi connectivity index (χ4n) is 3.69. The molecule has 1 aliphatic rings. The second kappa shape index (κ2) is 7.63. The minimum Gasteiger partial charge on any atom is -0.497 e. The van der Waals surface area contributed by atoms with Gasteiger partial charge in [0.2, 0.25) is 0 Å². The Bertz CT molecular complexity index is 874. The van der Waals surface area contributed by atoms with Crippen LogP contribution < -0.4 is 4.74 Å². The lowest BCUT2D eigenvalue weighted by molar-refractivity contribution is -0.161. The molecule has 1 aliphatic heterocycles. The van der Waals surface area contributed by atoms with Crippen LogP contribution in [0.5, 0.6) is 5.75 Å². The van der Waals surface area contributed by atoms with Gasteiger partial charge in [0.1, 0.15) is 11.2 Å². The molecule has 0 spiro atoms. The number of hydrogen-bond acceptors (Lipinski definition) is 5. The van der Waals surface area contributed by atoms with Crippen molar-refractivity contribution in [2.24, 2.45) is 12.5 Å². The average molecular weight is 387 g/mol. The Hall–Kier alpha value is -2.87. The van der Waals surface area contributed by atoms with E-state index in [4.69, 9.17) is 4.74 Å². The van der Waals surface area contributed by atoms with E-state index in [1.54, 1.807) is 42.1 Å². The monoisotopic (exact) mass is 387 g/mol. The van der Waals surface area contributed by atoms with Crippen molar-refractivity contribution < 1.29 is 24.5 Å². The van der Waals surface area contributed by atoms with Crippen LogP contribution in [0.3, 0.4) is 0 Å². The lowest BCUT2D eigenvalue weighted by Gasteiger charge is -2.43. The molecule has 1 aromatic carbocycles. The summed E-state index contributed by atoms with van der Waals surface area (Å²) in [5.41, 5.74) is 0.339. The fourth-order valence-corrected chi connectivity index (χ4v) is 3.69. The molecule has 8 heteroatoms. The molecule has 0 bridgehead atoms. The van der Waals surface area contributed by atoms with Crippen LogP contribution >= 0.6 is 0 Å². The summed E-state index contributed by atoms with van der Waals surface area (Å²) in [4.78, 5) is 26.6. The van der Waals surface area contributed by atoms with Gasteiger partial charge < -0.3 is 19.8 Å². The molecule has 28 heavy (non-hydrogen) atoms. The number of piperidine rings is 1. The Morgan fingerprint density at radius 1 is 1.36 bits per heavy atom. The summed E-state index contributed by atoms with van der Waals surface area (Å²) >= 11 is 0. The third kappa shape index (κ3) is 3.60. The van der Waals surface area contributed by atoms with E-state index in [0.29, 0.717) is 5.75 Å². The Balaban J connectivity index is 1.90. The first kappa shape index (κ1) is 19.9. The van der Waals surface area contributed by atoms with Crippen molar-refractivity contribution >= 4 is 11.9 Å². The van der Waals surface area contributed by atoms with Crippen molar-refractivity contribution in [1.82, 2.24) is 14.7 Å². The Kier molecular flexibility index (Phi) is 5.42. The first-order chi connectivity index (χ1) is 13.3. The second-order valence-electron chi connectivity index (χ2n) is 7.32. The number of carboxylic acid groups (broad SMARTS) is 1. The largest absolute Gasteiger partial charge is 0.497 e. The normalized spacial score (nSPS) is 22.1. The lowest BCUT2D eigenvalue weighted by atomic mass is 9.72. The van der Waals surface area contributed by atoms with Crippen molar-refractivity contribution in [3.05, 3.63) is 47.3 Å². The van der Waals surface area contributed by atoms with Crippen LogP contribution in [-0.4, -0.2) is 63.1 Å². The molecule has 2 N–H and O–H groups in total. The summed E-state index contributed by atoms with van der Waals surface area (Å²) < 4.78 is 6.81. The van der Waals surface area contributed by atoms with E-state index in [-0.39, 0.29) is 37.5 Å². The number of aryl methyl sites for hydroxylation is 2. The number of aliphatic carboxylic acids is 1. The summed E-state index contributed by atoms with van der Waals surface area (Å²) in [6.07, 6.45) is -0.787. The minimum absolute atomic E-state index is 0.0881. The molecule has 150 valence electrons. The van der Waals surface area contributed by atoms with Gasteiger partial charge in [0.25, 0.3) is 5.91 Å². The number of rotatable bonds is 5. The van der Waals surface area contributed by atoms with Crippen molar-refractivity contribution in [2.45, 2.75) is 25.9 Å². The highest BCUT2D eigenvalue weighted by Crippen LogP contribution is 2.36. The molecule has 2 atom stereocenters. The number of amides is 1. The third-order valence-corrected chi connectivity index (χ3v) is 5.48. The maximum atomic E-state index is 12.9. The number of carbonyl (C=O) groups excluding carboxylic acids is 1. The number of hydrogen-bond donors (Lipinski definition) is 2. The summed E-state index contributed by atoms with van der Waals surface area (Å²) in [6, 6.07) is 8.77. The van der Waals surface area contributed by atoms with Crippen molar-refractivity contribution in [3.8, 4) is 5.75 Å². The summed E-state index contributed by atoms with van der Waals surface area (Å²) in [5.74, 6) is -0.843. The number of ether oxygens (including phenoxy) is 1. The number of carboxylic acids is 1. The average Bonchev–Trinajstić information content (AvgIpc) is 3.01. The van der Waals surface area contributed by atoms with Gasteiger partial charge >= 0.3 is 5.97 Å². The predicted molar refractivity (Wildman–Crippen MR) is 101 cm³/mol. The maximum Gasteiger partial charge on any atom is 0.314 e. The van der Waals surface area contributed by atoms with Crippen LogP contribution in [-0.2, 0) is 18.3 Å². The van der Waals surface area contributed by atoms with Gasteiger partial charge in [-0.15, -0.1) is 0 Å². The highest BCUT2D eigenvalue weighted by atomic mass is 16.5. The van der Waals surface area contributed by atoms with Gasteiger partial charge in [-0.05, 0) is 43.5 Å². The highest BCUT2D eigenvalue weighted by molar-refractivity contribution is 5.93. The zero-order valence-electron chi connectivity index (χ0n) is 16.3. The minimum atomic E-state index is -1.50. The first-order valence-corrected chi connectivity index (χ1v) is 9.11. The molecule has 0 radical (unpaired) electrons. The number of aliphatic hydroxyl groups is 1. The Morgan fingerprint density at radius 3 is 2.71 bits per heavy atom. The van der Waals surface area contributed by atoms with E-state index in [1.165, 1.54) is 12.0 Å². The zero-order valence-corrected chi connectivity index (χ0v) is 16.3. The molecular formula is C20H25N3O5. The number of aliphatic hydroxyl groups excluding tert-OH is 1. The smallest absolute Gasteiger partial charge is 0.314 e. The SMILES string of the molecule is COc1cccc(C[C@@]2(C(=O)O)CN(C(=O)c3cc(C)n(C)n3)CC[C@H]2O)c1. The van der Waals surface area contributed by atoms with Crippen molar-refractivity contribution in [1.29, 1.82) is 0 Å². The van der Waals surface area contributed by atoms with Gasteiger partial charge in [-0.25, -0.2) is 0 Å². The van der Waals surface area contributed by atoms with Crippen LogP contribution in [0.4, 0.5) is 0 Å². The van der Waals surface area contributed by atoms with Crippen molar-refractivity contribution in [3.63, 3.8) is 0 Å². The van der Waals surface area contributed by atoms with Crippen molar-refractivity contribution in [2.75, 3.05) is 20.2 Å². The maximum absolute atomic E-state index is 12.9. The molecule has 1 amide bonds. The second-order valence-corrected chi connectivity index (χ2v) is 7.32. The topological polar surface area (TPSA) is 105 Å². The molecule has 8 nitrogen and oxygen atoms in total. The number of likely N-dealkylation sites (tertiary alicyclic amines) is 1. The van der Waals surface area contributed by atoms with Gasteiger partial charge in [0, 0.05) is 25.8 Å². The molecule has 0 aliphatic carbocycles. The summed E-state index contributed by atoms with van der Waals surface area (Å²) in [7, 11) is 3.28. The molecule has 3 rings (SSSR count). The van der Waals surface area contributed by atoms with Crippen LogP contribution in [0.25, 0.3) is 0 Å². The molecule has 2 aromatic rings. The molecular weight excluding hydrogens is 362 g/mol. The zero-order chi connectivity index (χ0) is 20.5. The molecule has 1 saturated heterocycles. The van der Waals surface area contributed by atoms with Crippen LogP contribution in [0, 0.1) is 12.3 Å². The third-order valence-electron chi connectivity index (χ3n) is 5.48. The predicted octanol–water partition coefficient (Wildman–Crippen LogP) is 1.26. The molecule has 1 fully saturated rings. The highest BCUT2D eigenvalue weighted by Gasteiger charge is 2.50. The van der Waals surface area contributed by atoms with E-state index in [9.17, 15) is 19.8 Å². The first-order valence-electron chi connectivity index (χ1n) is 9.11. The quantitative estimate of drug-likeness (QED) is 0.800. The van der Waals surface area contributed by atoms with Gasteiger partial charge in [0.15, 0.2) is 5.69 Å². The summed E-state index contributed by atoms with van der Waals surface area (Å²) in [6.45, 7) is 2.03. The van der Waals surface area contributed by atoms with E-state index in [0.717, 1.165) is 11.3 Å². The van der Waals surface area contributed by atoms with E-state index in [1.807, 2.05) is 6.92 Å². The van der Waals surface area contributed by atoms with E-state index < -0.39 is 17.5 Å². The lowest BCUT2D eigenvalue weighted by Crippen LogP contribution is -2.58. The van der Waals surface area contributed by atoms with E-state index >= 15 is 0 Å². The van der Waals surface area contributed by atoms with Crippen LogP contribution in [0.2, 0.25) is 0 Å². The standard InChI is InChI=1S/C20H25N3O5/c1-13-9-16(21-22(13)2)18(25)23-8-7-17(24)20(12-23,19(26)27)11-14-5-4-6-15(10-14)28-3/h4-6,9-10,17,24H,7-8,11-12H2,1-3H3,(H,26,27)/t17-,20-/m1/s1. The van der Waals surface area contributed by atoms with E-state index in [2.05, 4.69) is 5.10 Å². The number of nitrogens with zero attached hydrogens (tertiary/aromatic N) is 3. The Labute approximate surface area is 163 Å². The van der Waals surface area contributed by atoms with Gasteiger partial charge in [-0.3, -0.25) is 14.3 Å². The van der Waals surface area contributed by atoms with Gasteiger partial charge in [-0.2, -0.15) is 5.10 Å². The molecule has 1 aromatic heterocycles. The number of methoxy groups -OCH3 is 1. The number of carbonyl (C=O) groups is 2. The molecule has 0 unspecified atom stereocenters. The van der Waals surface area contributed by atoms with Gasteiger partial charge in [-0.1, -0.05) is 12.1 Å². The Morgan fingerprint density at radius 2 is 2.11 bits per heavy atom. The fraction of sp³-hybridized carbons (Fsp3) is 0.450. The number of aromatic nitrogens is 2.